The van der Waals surface area contributed by atoms with E-state index in [4.69, 9.17) is 83.7 Å². The van der Waals surface area contributed by atoms with Crippen molar-refractivity contribution in [2.75, 3.05) is 158 Å². The Bertz CT molecular complexity index is 4530. The fourth-order valence-corrected chi connectivity index (χ4v) is 14.4. The monoisotopic (exact) mass is 1620 g/mol. The van der Waals surface area contributed by atoms with Gasteiger partial charge in [-0.2, -0.15) is 0 Å². The summed E-state index contributed by atoms with van der Waals surface area (Å²) in [5, 5.41) is 20.0. The molecule has 3 aliphatic rings. The summed E-state index contributed by atoms with van der Waals surface area (Å²) in [6.45, 7) is 10.0. The number of rotatable bonds is 51. The Labute approximate surface area is 677 Å². The van der Waals surface area contributed by atoms with E-state index in [9.17, 15) is 38.4 Å². The highest BCUT2D eigenvalue weighted by molar-refractivity contribution is 6.32. The second-order valence-corrected chi connectivity index (χ2v) is 27.9. The number of pyridine rings is 2. The average molecular weight is 1620 g/mol. The number of aromatic nitrogens is 2. The summed E-state index contributed by atoms with van der Waals surface area (Å²) in [5.74, 6) is -3.76. The summed E-state index contributed by atoms with van der Waals surface area (Å²) < 4.78 is 73.4. The molecule has 4 amide bonds. The minimum Gasteiger partial charge on any atom is -0.497 e. The molecule has 0 unspecified atom stereocenters. The molecule has 3 atom stereocenters. The van der Waals surface area contributed by atoms with E-state index in [-0.39, 0.29) is 63.3 Å². The van der Waals surface area contributed by atoms with Gasteiger partial charge in [-0.3, -0.25) is 38.9 Å². The minimum absolute atomic E-state index is 0.0644. The molecule has 0 fully saturated rings. The first kappa shape index (κ1) is 88.1. The molecule has 116 heavy (non-hydrogen) atoms. The molecule has 4 heterocycles. The van der Waals surface area contributed by atoms with E-state index in [1.807, 2.05) is 67.6 Å². The van der Waals surface area contributed by atoms with Crippen LogP contribution in [0.4, 0.5) is 5.69 Å². The van der Waals surface area contributed by atoms with Crippen LogP contribution < -0.4 is 36.9 Å². The van der Waals surface area contributed by atoms with Crippen molar-refractivity contribution in [3.63, 3.8) is 0 Å². The fourth-order valence-electron chi connectivity index (χ4n) is 14.2. The molecule has 1 aliphatic carbocycles. The van der Waals surface area contributed by atoms with E-state index in [2.05, 4.69) is 60.9 Å². The topological polar surface area (TPSA) is 383 Å². The number of carbonyl (C=O) groups is 7. The van der Waals surface area contributed by atoms with Gasteiger partial charge in [0.1, 0.15) is 31.6 Å². The molecule has 620 valence electrons. The van der Waals surface area contributed by atoms with Gasteiger partial charge >= 0.3 is 17.9 Å². The number of benzene rings is 5. The molecule has 0 spiro atoms. The van der Waals surface area contributed by atoms with Gasteiger partial charge in [0.2, 0.25) is 23.3 Å². The minimum atomic E-state index is -2.05. The summed E-state index contributed by atoms with van der Waals surface area (Å²) >= 11 is 6.82. The van der Waals surface area contributed by atoms with Crippen molar-refractivity contribution in [3.05, 3.63) is 203 Å². The number of anilines is 1. The third kappa shape index (κ3) is 24.0. The summed E-state index contributed by atoms with van der Waals surface area (Å²) in [7, 11) is 1.62. The van der Waals surface area contributed by atoms with E-state index in [1.165, 1.54) is 11.5 Å². The van der Waals surface area contributed by atoms with E-state index in [0.717, 1.165) is 38.8 Å². The third-order valence-electron chi connectivity index (χ3n) is 19.9. The first-order valence-corrected chi connectivity index (χ1v) is 39.3. The van der Waals surface area contributed by atoms with Crippen molar-refractivity contribution in [1.29, 1.82) is 0 Å². The van der Waals surface area contributed by atoms with Crippen LogP contribution in [-0.2, 0) is 128 Å². The number of unbranched alkanes of at least 4 members (excludes halogenated alkanes) is 1. The lowest BCUT2D eigenvalue weighted by Gasteiger charge is -2.37. The summed E-state index contributed by atoms with van der Waals surface area (Å²) in [6, 6.07) is 36.3. The number of amides is 4. The molecule has 32 heteroatoms. The fraction of sp³-hybridized carbons (Fsp3) is 0.464. The molecular formula is C84H101ClN10O21. The molecule has 0 saturated carbocycles. The van der Waals surface area contributed by atoms with Gasteiger partial charge in [-0.15, -0.1) is 0 Å². The van der Waals surface area contributed by atoms with Gasteiger partial charge in [-0.05, 0) is 133 Å². The Hall–Kier alpha value is -10.3. The molecule has 31 nitrogen and oxygen atoms in total. The van der Waals surface area contributed by atoms with Crippen molar-refractivity contribution in [1.82, 2.24) is 30.8 Å². The molecule has 0 bridgehead atoms. The number of azide groups is 1. The third-order valence-corrected chi connectivity index (χ3v) is 20.3. The van der Waals surface area contributed by atoms with E-state index < -0.39 is 90.1 Å². The van der Waals surface area contributed by atoms with Crippen molar-refractivity contribution in [3.8, 4) is 17.1 Å². The largest absolute Gasteiger partial charge is 0.497 e. The van der Waals surface area contributed by atoms with Crippen molar-refractivity contribution in [2.24, 2.45) is 5.11 Å². The second-order valence-electron chi connectivity index (χ2n) is 27.5. The van der Waals surface area contributed by atoms with Gasteiger partial charge < -0.3 is 87.4 Å². The zero-order chi connectivity index (χ0) is 82.1. The van der Waals surface area contributed by atoms with Crippen LogP contribution in [0.1, 0.15) is 108 Å². The number of nitrogens with zero attached hydrogens (tertiary/aromatic N) is 5. The predicted octanol–water partition coefficient (Wildman–Crippen LogP) is 8.26. The SMILES string of the molecule is CC[C@@]1(OC(=O)Cc2ccc(NC(=O)[C@H](CCCCNC(c3ccccc3)(c3ccccc3)c3ccc(OC)cc3)NC(=O)COCC(=O)NCCOCCOCCOCCOCCOCCOCCOCCOCCN=[N+]=[N-])cc2)C(=O)OCc2c1cc1n(c2=O)Cc2c-1nc1cc(Cl)c(C)c3c1c2[C@@H](NC(=O)COC(C)=O)CC3. The molecule has 7 aromatic rings. The molecule has 5 N–H and O–H groups in total. The molecule has 2 aliphatic heterocycles. The number of cyclic esters (lactones) is 1. The average Bonchev–Trinajstić information content (AvgIpc) is 1.52. The van der Waals surface area contributed by atoms with Crippen LogP contribution in [0.15, 0.2) is 131 Å². The maximum atomic E-state index is 14.8. The lowest BCUT2D eigenvalue weighted by atomic mass is 9.77. The summed E-state index contributed by atoms with van der Waals surface area (Å²) in [6.07, 6.45) is 1.81. The van der Waals surface area contributed by atoms with E-state index in [1.54, 1.807) is 50.4 Å². The van der Waals surface area contributed by atoms with Crippen LogP contribution in [0.2, 0.25) is 5.02 Å². The maximum Gasteiger partial charge on any atom is 0.355 e. The highest BCUT2D eigenvalue weighted by atomic mass is 35.5. The quantitative estimate of drug-likeness (QED) is 0.00455. The van der Waals surface area contributed by atoms with E-state index in [0.29, 0.717) is 176 Å². The van der Waals surface area contributed by atoms with Crippen LogP contribution in [0, 0.1) is 6.92 Å². The highest BCUT2D eigenvalue weighted by Gasteiger charge is 2.51. The lowest BCUT2D eigenvalue weighted by molar-refractivity contribution is -0.189. The van der Waals surface area contributed by atoms with Crippen molar-refractivity contribution in [2.45, 2.75) is 102 Å². The zero-order valence-electron chi connectivity index (χ0n) is 65.8. The first-order valence-electron chi connectivity index (χ1n) is 38.9. The van der Waals surface area contributed by atoms with E-state index >= 15 is 0 Å². The van der Waals surface area contributed by atoms with Gasteiger partial charge in [0, 0.05) is 52.1 Å². The zero-order valence-corrected chi connectivity index (χ0v) is 66.6. The normalized spacial score (nSPS) is 14.8. The standard InChI is InChI=1S/C84H101ClN10O21/c1-5-83(67-49-72-79-65(51-95(72)81(102)66(67)52-115-82(83)103)78-69(91-75(99)55-114-57(3)96)28-27-64-56(2)68(85)50-71(93-79)77(64)78)116-76(100)48-58-19-23-62(24-20-58)90-80(101)70(18-12-13-29-88-84(59-14-8-6-9-15-59,60-16-10-7-11-17-60)61-21-25-63(104-4)26-22-61)92-74(98)54-113-53-73(97)87-30-32-105-34-36-107-38-40-109-42-44-111-46-47-112-45-43-110-41-39-108-37-35-106-33-31-89-94-86/h6-11,14-17,19-26,49-50,69-70,88H,5,12-13,18,27-48,51-55H2,1-4H3,(H,87,97)(H,90,101)(H,91,99)(H,92,98)/t69-,70-,83-/m0/s1. The Kier molecular flexibility index (Phi) is 34.4. The Morgan fingerprint density at radius 3 is 1.86 bits per heavy atom. The number of nitrogens with one attached hydrogen (secondary N) is 5. The van der Waals surface area contributed by atoms with Crippen LogP contribution in [-0.4, -0.2) is 209 Å². The number of esters is 3. The van der Waals surface area contributed by atoms with Gasteiger partial charge in [0.25, 0.3) is 11.5 Å². The molecular weight excluding hydrogens is 1520 g/mol. The predicted molar refractivity (Wildman–Crippen MR) is 427 cm³/mol. The second kappa shape index (κ2) is 45.3. The van der Waals surface area contributed by atoms with Crippen LogP contribution in [0.25, 0.3) is 32.7 Å². The number of hydrogen-bond donors (Lipinski definition) is 5. The number of aryl methyl sites for hydroxylation is 1. The number of fused-ring (bicyclic) bond motifs is 5. The highest BCUT2D eigenvalue weighted by Crippen LogP contribution is 2.48. The van der Waals surface area contributed by atoms with Gasteiger partial charge in [0.05, 0.1) is 160 Å². The molecule has 10 rings (SSSR count). The molecule has 0 radical (unpaired) electrons. The van der Waals surface area contributed by atoms with Crippen LogP contribution in [0.3, 0.4) is 0 Å². The van der Waals surface area contributed by atoms with Gasteiger partial charge in [-0.25, -0.2) is 9.78 Å². The number of methoxy groups -OCH3 is 1. The summed E-state index contributed by atoms with van der Waals surface area (Å²) in [5.41, 5.74) is 13.5. The number of ether oxygens (including phenoxy) is 13. The van der Waals surface area contributed by atoms with Crippen LogP contribution in [0.5, 0.6) is 5.75 Å². The van der Waals surface area contributed by atoms with Crippen molar-refractivity contribution >= 4 is 69.7 Å². The Morgan fingerprint density at radius 2 is 1.28 bits per heavy atom. The first-order chi connectivity index (χ1) is 56.5. The molecule has 2 aromatic heterocycles. The lowest BCUT2D eigenvalue weighted by Crippen LogP contribution is -2.47. The van der Waals surface area contributed by atoms with Crippen molar-refractivity contribution < 1.29 is 95.1 Å². The van der Waals surface area contributed by atoms with Gasteiger partial charge in [0.15, 0.2) is 6.61 Å². The molecule has 0 saturated heterocycles. The smallest absolute Gasteiger partial charge is 0.355 e. The van der Waals surface area contributed by atoms with Gasteiger partial charge in [-0.1, -0.05) is 109 Å². The molecule has 5 aromatic carbocycles. The Balaban J connectivity index is 0.706. The summed E-state index contributed by atoms with van der Waals surface area (Å²) in [4.78, 5) is 117. The number of carbonyl (C=O) groups excluding carboxylic acids is 7. The number of halogens is 1. The van der Waals surface area contributed by atoms with Crippen LogP contribution >= 0.6 is 11.6 Å². The number of hydrogen-bond acceptors (Lipinski definition) is 24. The Morgan fingerprint density at radius 1 is 0.690 bits per heavy atom. The maximum absolute atomic E-state index is 14.8.